The second-order valence-corrected chi connectivity index (χ2v) is 6.58. The maximum atomic E-state index is 11.7. The van der Waals surface area contributed by atoms with Gasteiger partial charge in [-0.05, 0) is 44.4 Å². The number of unbranched alkanes of at least 4 members (excludes halogenated alkanes) is 5. The number of carbonyl (C=O) groups is 1. The predicted octanol–water partition coefficient (Wildman–Crippen LogP) is 5.42. The average molecular weight is 393 g/mol. The topological polar surface area (TPSA) is 54.0 Å². The minimum atomic E-state index is -0.753. The summed E-state index contributed by atoms with van der Waals surface area (Å²) in [6, 6.07) is 7.94. The summed E-state index contributed by atoms with van der Waals surface area (Å²) >= 11 is 0. The minimum Gasteiger partial charge on any atom is -0.466 e. The Labute approximate surface area is 170 Å². The third kappa shape index (κ3) is 9.90. The Balaban J connectivity index is 2.67. The SMILES string of the molecule is CCCCCCCCc1ccc(OC(=CC(=O)OC)C(OCC)OCC)cc1. The Hall–Kier alpha value is -1.85. The third-order valence-corrected chi connectivity index (χ3v) is 4.31. The van der Waals surface area contributed by atoms with E-state index in [1.807, 2.05) is 26.0 Å². The van der Waals surface area contributed by atoms with E-state index in [2.05, 4.69) is 19.1 Å². The van der Waals surface area contributed by atoms with Gasteiger partial charge in [0, 0.05) is 13.2 Å². The van der Waals surface area contributed by atoms with Gasteiger partial charge in [-0.2, -0.15) is 0 Å². The summed E-state index contributed by atoms with van der Waals surface area (Å²) in [6.45, 7) is 6.82. The van der Waals surface area contributed by atoms with E-state index in [1.54, 1.807) is 0 Å². The van der Waals surface area contributed by atoms with Gasteiger partial charge in [-0.15, -0.1) is 0 Å². The van der Waals surface area contributed by atoms with E-state index in [0.717, 1.165) is 6.42 Å². The summed E-state index contributed by atoms with van der Waals surface area (Å²) < 4.78 is 21.7. The van der Waals surface area contributed by atoms with Crippen molar-refractivity contribution in [3.05, 3.63) is 41.7 Å². The summed E-state index contributed by atoms with van der Waals surface area (Å²) in [4.78, 5) is 11.7. The molecule has 0 unspecified atom stereocenters. The van der Waals surface area contributed by atoms with Gasteiger partial charge in [0.2, 0.25) is 6.29 Å². The molecule has 0 radical (unpaired) electrons. The van der Waals surface area contributed by atoms with Gasteiger partial charge in [0.1, 0.15) is 5.75 Å². The van der Waals surface area contributed by atoms with E-state index < -0.39 is 12.3 Å². The molecule has 158 valence electrons. The van der Waals surface area contributed by atoms with Crippen LogP contribution >= 0.6 is 0 Å². The molecule has 1 aromatic carbocycles. The van der Waals surface area contributed by atoms with E-state index in [0.29, 0.717) is 19.0 Å². The Kier molecular flexibility index (Phi) is 13.1. The maximum Gasteiger partial charge on any atom is 0.334 e. The largest absolute Gasteiger partial charge is 0.466 e. The van der Waals surface area contributed by atoms with Crippen LogP contribution in [0.1, 0.15) is 64.9 Å². The molecule has 0 spiro atoms. The van der Waals surface area contributed by atoms with Gasteiger partial charge >= 0.3 is 5.97 Å². The lowest BCUT2D eigenvalue weighted by Crippen LogP contribution is -2.24. The van der Waals surface area contributed by atoms with Gasteiger partial charge in [-0.25, -0.2) is 4.79 Å². The summed E-state index contributed by atoms with van der Waals surface area (Å²) in [6.07, 6.45) is 9.31. The first kappa shape index (κ1) is 24.2. The van der Waals surface area contributed by atoms with Crippen LogP contribution in [0.4, 0.5) is 0 Å². The Bertz CT molecular complexity index is 559. The van der Waals surface area contributed by atoms with Crippen LogP contribution in [0.25, 0.3) is 0 Å². The number of hydrogen-bond donors (Lipinski definition) is 0. The van der Waals surface area contributed by atoms with Gasteiger partial charge in [-0.1, -0.05) is 51.2 Å². The number of carbonyl (C=O) groups excluding carboxylic acids is 1. The van der Waals surface area contributed by atoms with Crippen molar-refractivity contribution in [2.24, 2.45) is 0 Å². The first-order valence-electron chi connectivity index (χ1n) is 10.4. The van der Waals surface area contributed by atoms with Gasteiger partial charge in [0.05, 0.1) is 13.2 Å². The maximum absolute atomic E-state index is 11.7. The zero-order valence-corrected chi connectivity index (χ0v) is 17.9. The van der Waals surface area contributed by atoms with Gasteiger partial charge in [0.25, 0.3) is 0 Å². The van der Waals surface area contributed by atoms with E-state index >= 15 is 0 Å². The van der Waals surface area contributed by atoms with Crippen molar-refractivity contribution in [3.63, 3.8) is 0 Å². The molecule has 0 bridgehead atoms. The summed E-state index contributed by atoms with van der Waals surface area (Å²) in [5, 5.41) is 0. The molecule has 0 aliphatic carbocycles. The van der Waals surface area contributed by atoms with Gasteiger partial charge in [0.15, 0.2) is 5.76 Å². The van der Waals surface area contributed by atoms with Crippen LogP contribution in [0.2, 0.25) is 0 Å². The monoisotopic (exact) mass is 392 g/mol. The molecule has 28 heavy (non-hydrogen) atoms. The molecule has 0 saturated carbocycles. The molecule has 1 rings (SSSR count). The van der Waals surface area contributed by atoms with Crippen molar-refractivity contribution in [2.45, 2.75) is 72.0 Å². The fourth-order valence-electron chi connectivity index (χ4n) is 2.81. The van der Waals surface area contributed by atoms with E-state index in [1.165, 1.54) is 57.3 Å². The summed E-state index contributed by atoms with van der Waals surface area (Å²) in [7, 11) is 1.32. The molecule has 0 heterocycles. The molecular weight excluding hydrogens is 356 g/mol. The molecule has 0 amide bonds. The number of ether oxygens (including phenoxy) is 4. The quantitative estimate of drug-likeness (QED) is 0.131. The third-order valence-electron chi connectivity index (χ3n) is 4.31. The van der Waals surface area contributed by atoms with Crippen LogP contribution < -0.4 is 4.74 Å². The molecule has 0 fully saturated rings. The molecule has 0 N–H and O–H groups in total. The smallest absolute Gasteiger partial charge is 0.334 e. The molecule has 0 saturated heterocycles. The van der Waals surface area contributed by atoms with Gasteiger partial charge < -0.3 is 18.9 Å². The van der Waals surface area contributed by atoms with Crippen LogP contribution in [-0.4, -0.2) is 32.6 Å². The highest BCUT2D eigenvalue weighted by Crippen LogP contribution is 2.20. The van der Waals surface area contributed by atoms with Crippen molar-refractivity contribution in [1.29, 1.82) is 0 Å². The molecule has 0 aromatic heterocycles. The number of rotatable bonds is 15. The van der Waals surface area contributed by atoms with Gasteiger partial charge in [-0.3, -0.25) is 0 Å². The molecule has 5 nitrogen and oxygen atoms in total. The Morgan fingerprint density at radius 3 is 2.11 bits per heavy atom. The highest BCUT2D eigenvalue weighted by molar-refractivity contribution is 5.82. The highest BCUT2D eigenvalue weighted by atomic mass is 16.7. The first-order valence-corrected chi connectivity index (χ1v) is 10.4. The Morgan fingerprint density at radius 2 is 1.54 bits per heavy atom. The summed E-state index contributed by atoms with van der Waals surface area (Å²) in [5.74, 6) is 0.393. The predicted molar refractivity (Wildman–Crippen MR) is 111 cm³/mol. The van der Waals surface area contributed by atoms with E-state index in [-0.39, 0.29) is 5.76 Å². The second kappa shape index (κ2) is 15.1. The average Bonchev–Trinajstić information content (AvgIpc) is 2.71. The standard InChI is InChI=1S/C23H36O5/c1-5-8-9-10-11-12-13-19-14-16-20(17-15-19)28-21(18-22(24)25-4)23(26-6-2)27-7-3/h14-18,23H,5-13H2,1-4H3. The zero-order valence-electron chi connectivity index (χ0n) is 17.9. The van der Waals surface area contributed by atoms with Crippen molar-refractivity contribution in [2.75, 3.05) is 20.3 Å². The molecular formula is C23H36O5. The van der Waals surface area contributed by atoms with Crippen molar-refractivity contribution in [1.82, 2.24) is 0 Å². The van der Waals surface area contributed by atoms with Crippen LogP contribution in [-0.2, 0) is 25.4 Å². The number of hydrogen-bond acceptors (Lipinski definition) is 5. The fourth-order valence-corrected chi connectivity index (χ4v) is 2.81. The summed E-state index contributed by atoms with van der Waals surface area (Å²) in [5.41, 5.74) is 1.28. The first-order chi connectivity index (χ1) is 13.6. The van der Waals surface area contributed by atoms with Crippen molar-refractivity contribution in [3.8, 4) is 5.75 Å². The lowest BCUT2D eigenvalue weighted by Gasteiger charge is -2.20. The van der Waals surface area contributed by atoms with Crippen LogP contribution in [0.3, 0.4) is 0 Å². The van der Waals surface area contributed by atoms with E-state index in [4.69, 9.17) is 18.9 Å². The number of benzene rings is 1. The Morgan fingerprint density at radius 1 is 0.929 bits per heavy atom. The molecule has 1 aromatic rings. The normalized spacial score (nSPS) is 11.7. The van der Waals surface area contributed by atoms with Crippen molar-refractivity contribution >= 4 is 5.97 Å². The second-order valence-electron chi connectivity index (χ2n) is 6.58. The van der Waals surface area contributed by atoms with E-state index in [9.17, 15) is 4.79 Å². The zero-order chi connectivity index (χ0) is 20.6. The fraction of sp³-hybridized carbons (Fsp3) is 0.609. The molecule has 5 heteroatoms. The number of aryl methyl sites for hydroxylation is 1. The van der Waals surface area contributed by atoms with Crippen LogP contribution in [0.15, 0.2) is 36.1 Å². The highest BCUT2D eigenvalue weighted by Gasteiger charge is 2.19. The molecule has 0 aliphatic heterocycles. The van der Waals surface area contributed by atoms with Crippen LogP contribution in [0.5, 0.6) is 5.75 Å². The lowest BCUT2D eigenvalue weighted by molar-refractivity contribution is -0.138. The van der Waals surface area contributed by atoms with Crippen LogP contribution in [0, 0.1) is 0 Å². The molecule has 0 aliphatic rings. The lowest BCUT2D eigenvalue weighted by atomic mass is 10.0. The van der Waals surface area contributed by atoms with Crippen molar-refractivity contribution < 1.29 is 23.7 Å². The molecule has 0 atom stereocenters. The minimum absolute atomic E-state index is 0.277. The number of methoxy groups -OCH3 is 1. The number of esters is 1.